The van der Waals surface area contributed by atoms with Gasteiger partial charge in [0, 0.05) is 47.0 Å². The molecule has 5 rings (SSSR count). The molecule has 0 spiro atoms. The molecule has 0 unspecified atom stereocenters. The fourth-order valence-corrected chi connectivity index (χ4v) is 6.07. The summed E-state index contributed by atoms with van der Waals surface area (Å²) in [6, 6.07) is 11.3. The number of ether oxygens (including phenoxy) is 1. The number of nitrogens with zero attached hydrogens (tertiary/aromatic N) is 1. The lowest BCUT2D eigenvalue weighted by molar-refractivity contribution is -0.143. The first kappa shape index (κ1) is 25.8. The number of carbonyl (C=O) groups is 1. The van der Waals surface area contributed by atoms with Crippen molar-refractivity contribution in [1.29, 1.82) is 0 Å². The smallest absolute Gasteiger partial charge is 0.339 e. The lowest BCUT2D eigenvalue weighted by Gasteiger charge is -2.47. The molecule has 1 N–H and O–H groups in total. The van der Waals surface area contributed by atoms with Crippen molar-refractivity contribution in [1.82, 2.24) is 4.90 Å². The molecule has 1 aromatic heterocycles. The summed E-state index contributed by atoms with van der Waals surface area (Å²) in [6.45, 7) is 5.36. The summed E-state index contributed by atoms with van der Waals surface area (Å²) in [4.78, 5) is 27.9. The molecule has 1 aliphatic heterocycles. The van der Waals surface area contributed by atoms with Crippen LogP contribution in [0.3, 0.4) is 0 Å². The van der Waals surface area contributed by atoms with E-state index in [1.165, 1.54) is 0 Å². The van der Waals surface area contributed by atoms with E-state index in [2.05, 4.69) is 0 Å². The van der Waals surface area contributed by atoms with Crippen LogP contribution in [0.4, 0.5) is 0 Å². The van der Waals surface area contributed by atoms with E-state index in [0.717, 1.165) is 47.8 Å². The van der Waals surface area contributed by atoms with Gasteiger partial charge in [-0.05, 0) is 74.9 Å². The van der Waals surface area contributed by atoms with E-state index in [4.69, 9.17) is 20.8 Å². The molecule has 1 saturated carbocycles. The van der Waals surface area contributed by atoms with E-state index in [1.54, 1.807) is 0 Å². The summed E-state index contributed by atoms with van der Waals surface area (Å²) in [5.41, 5.74) is 2.63. The predicted molar refractivity (Wildman–Crippen MR) is 144 cm³/mol. The second-order valence-electron chi connectivity index (χ2n) is 10.6. The van der Waals surface area contributed by atoms with Gasteiger partial charge in [0.05, 0.1) is 5.60 Å². The number of piperidine rings is 1. The van der Waals surface area contributed by atoms with E-state index in [-0.39, 0.29) is 18.2 Å². The van der Waals surface area contributed by atoms with Crippen LogP contribution in [0, 0.1) is 19.8 Å². The van der Waals surface area contributed by atoms with Gasteiger partial charge in [0.2, 0.25) is 5.91 Å². The largest absolute Gasteiger partial charge is 0.488 e. The first-order chi connectivity index (χ1) is 17.7. The second-order valence-corrected chi connectivity index (χ2v) is 11.0. The summed E-state index contributed by atoms with van der Waals surface area (Å²) in [5.74, 6) is 0.847. The van der Waals surface area contributed by atoms with Crippen LogP contribution in [0.1, 0.15) is 60.8 Å². The molecule has 3 aromatic rings. The zero-order chi connectivity index (χ0) is 26.2. The van der Waals surface area contributed by atoms with Crippen LogP contribution in [0.25, 0.3) is 11.0 Å². The Labute approximate surface area is 222 Å². The van der Waals surface area contributed by atoms with Crippen molar-refractivity contribution in [2.45, 2.75) is 71.0 Å². The molecule has 2 atom stereocenters. The second kappa shape index (κ2) is 10.5. The Morgan fingerprint density at radius 3 is 2.70 bits per heavy atom. The number of benzene rings is 2. The number of rotatable bonds is 6. The van der Waals surface area contributed by atoms with Crippen LogP contribution in [0.15, 0.2) is 45.6 Å². The normalized spacial score (nSPS) is 21.6. The Kier molecular flexibility index (Phi) is 7.32. The molecule has 6 nitrogen and oxygen atoms in total. The van der Waals surface area contributed by atoms with Crippen molar-refractivity contribution in [2.75, 3.05) is 13.1 Å². The molecule has 1 saturated heterocycles. The van der Waals surface area contributed by atoms with Gasteiger partial charge in [-0.25, -0.2) is 4.79 Å². The standard InChI is InChI=1S/C30H34ClNO5/c1-19-24-10-12-26(36-18-21-6-8-23(31)9-7-21)20(2)28(24)37-29(34)25(19)11-13-27(33)32-16-15-30(35)14-4-3-5-22(30)17-32/h6-10,12,22,35H,3-5,11,13-18H2,1-2H3/t22-,30+/m1/s1. The average molecular weight is 524 g/mol. The minimum absolute atomic E-state index is 0.0358. The van der Waals surface area contributed by atoms with Gasteiger partial charge in [-0.1, -0.05) is 36.6 Å². The summed E-state index contributed by atoms with van der Waals surface area (Å²) < 4.78 is 11.8. The lowest BCUT2D eigenvalue weighted by atomic mass is 9.71. The number of amides is 1. The highest BCUT2D eigenvalue weighted by Gasteiger charge is 2.43. The van der Waals surface area contributed by atoms with Crippen LogP contribution >= 0.6 is 11.6 Å². The fourth-order valence-electron chi connectivity index (χ4n) is 5.95. The van der Waals surface area contributed by atoms with E-state index in [1.807, 2.05) is 55.1 Å². The highest BCUT2D eigenvalue weighted by Crippen LogP contribution is 2.40. The number of aliphatic hydroxyl groups is 1. The maximum absolute atomic E-state index is 13.0. The van der Waals surface area contributed by atoms with Crippen LogP contribution in [-0.4, -0.2) is 34.6 Å². The molecule has 0 bridgehead atoms. The molecule has 2 aliphatic rings. The number of carbonyl (C=O) groups excluding carboxylic acids is 1. The van der Waals surface area contributed by atoms with Gasteiger partial charge in [-0.2, -0.15) is 0 Å². The van der Waals surface area contributed by atoms with Crippen molar-refractivity contribution >= 4 is 28.5 Å². The number of hydrogen-bond donors (Lipinski definition) is 1. The third kappa shape index (κ3) is 5.27. The quantitative estimate of drug-likeness (QED) is 0.417. The fraction of sp³-hybridized carbons (Fsp3) is 0.467. The maximum atomic E-state index is 13.0. The van der Waals surface area contributed by atoms with Crippen molar-refractivity contribution in [3.05, 3.63) is 74.1 Å². The Morgan fingerprint density at radius 2 is 1.92 bits per heavy atom. The van der Waals surface area contributed by atoms with Gasteiger partial charge in [0.25, 0.3) is 0 Å². The van der Waals surface area contributed by atoms with E-state index in [9.17, 15) is 14.7 Å². The minimum Gasteiger partial charge on any atom is -0.488 e. The molecule has 2 aromatic carbocycles. The minimum atomic E-state index is -0.611. The van der Waals surface area contributed by atoms with Crippen LogP contribution < -0.4 is 10.4 Å². The number of hydrogen-bond acceptors (Lipinski definition) is 5. The van der Waals surface area contributed by atoms with Crippen LogP contribution in [0.5, 0.6) is 5.75 Å². The zero-order valence-corrected chi connectivity index (χ0v) is 22.3. The summed E-state index contributed by atoms with van der Waals surface area (Å²) in [7, 11) is 0. The molecule has 2 heterocycles. The van der Waals surface area contributed by atoms with Gasteiger partial charge in [-0.3, -0.25) is 4.79 Å². The van der Waals surface area contributed by atoms with Crippen LogP contribution in [-0.2, 0) is 17.8 Å². The number of likely N-dealkylation sites (tertiary alicyclic amines) is 1. The van der Waals surface area contributed by atoms with Gasteiger partial charge in [-0.15, -0.1) is 0 Å². The van der Waals surface area contributed by atoms with E-state index < -0.39 is 11.2 Å². The van der Waals surface area contributed by atoms with Gasteiger partial charge in [0.15, 0.2) is 0 Å². The molecular weight excluding hydrogens is 490 g/mol. The summed E-state index contributed by atoms with van der Waals surface area (Å²) >= 11 is 5.96. The maximum Gasteiger partial charge on any atom is 0.339 e. The summed E-state index contributed by atoms with van der Waals surface area (Å²) in [6.07, 6.45) is 5.21. The van der Waals surface area contributed by atoms with Crippen molar-refractivity contribution in [3.8, 4) is 5.75 Å². The molecule has 37 heavy (non-hydrogen) atoms. The number of fused-ring (bicyclic) bond motifs is 2. The molecule has 196 valence electrons. The molecule has 0 radical (unpaired) electrons. The van der Waals surface area contributed by atoms with Gasteiger partial charge < -0.3 is 19.2 Å². The van der Waals surface area contributed by atoms with Crippen molar-refractivity contribution in [3.63, 3.8) is 0 Å². The number of halogens is 1. The Hall–Kier alpha value is -2.83. The first-order valence-corrected chi connectivity index (χ1v) is 13.6. The SMILES string of the molecule is Cc1c(CCC(=O)N2CC[C@@]3(O)CCCC[C@@H]3C2)c(=O)oc2c(C)c(OCc3ccc(Cl)cc3)ccc12. The highest BCUT2D eigenvalue weighted by atomic mass is 35.5. The topological polar surface area (TPSA) is 80.0 Å². The Bertz CT molecular complexity index is 1370. The summed E-state index contributed by atoms with van der Waals surface area (Å²) in [5, 5.41) is 12.4. The third-order valence-electron chi connectivity index (χ3n) is 8.33. The van der Waals surface area contributed by atoms with E-state index in [0.29, 0.717) is 54.5 Å². The zero-order valence-electron chi connectivity index (χ0n) is 21.5. The Morgan fingerprint density at radius 1 is 1.14 bits per heavy atom. The van der Waals surface area contributed by atoms with E-state index >= 15 is 0 Å². The lowest BCUT2D eigenvalue weighted by Crippen LogP contribution is -2.54. The molecule has 1 aliphatic carbocycles. The highest BCUT2D eigenvalue weighted by molar-refractivity contribution is 6.30. The molecule has 7 heteroatoms. The van der Waals surface area contributed by atoms with Crippen molar-refractivity contribution < 1.29 is 19.1 Å². The molecule has 2 fully saturated rings. The number of aryl methyl sites for hydroxylation is 2. The van der Waals surface area contributed by atoms with Gasteiger partial charge in [0.1, 0.15) is 17.9 Å². The molecule has 1 amide bonds. The monoisotopic (exact) mass is 523 g/mol. The van der Waals surface area contributed by atoms with Crippen LogP contribution in [0.2, 0.25) is 5.02 Å². The Balaban J connectivity index is 1.28. The third-order valence-corrected chi connectivity index (χ3v) is 8.58. The van der Waals surface area contributed by atoms with Crippen molar-refractivity contribution in [2.24, 2.45) is 5.92 Å². The van der Waals surface area contributed by atoms with Gasteiger partial charge >= 0.3 is 5.63 Å². The first-order valence-electron chi connectivity index (χ1n) is 13.2. The molecular formula is C30H34ClNO5. The average Bonchev–Trinajstić information content (AvgIpc) is 2.89. The predicted octanol–water partition coefficient (Wildman–Crippen LogP) is 5.73.